The quantitative estimate of drug-likeness (QED) is 0.174. The number of methoxy groups -OCH3 is 3. The van der Waals surface area contributed by atoms with Crippen LogP contribution in [0.5, 0.6) is 0 Å². The van der Waals surface area contributed by atoms with Crippen LogP contribution in [-0.2, 0) is 14.2 Å². The van der Waals surface area contributed by atoms with Crippen molar-refractivity contribution in [3.8, 4) is 23.3 Å². The zero-order chi connectivity index (χ0) is 38.2. The second-order valence-electron chi connectivity index (χ2n) is 8.07. The topological polar surface area (TPSA) is 75.3 Å². The molecule has 0 atom stereocenters. The Morgan fingerprint density at radius 1 is 0.314 bits per heavy atom. The van der Waals surface area contributed by atoms with Crippen LogP contribution >= 0.6 is 0 Å². The van der Waals surface area contributed by atoms with Gasteiger partial charge in [-0.25, -0.2) is 0 Å². The monoisotopic (exact) mass is 699 g/mol. The van der Waals surface area contributed by atoms with Crippen molar-refractivity contribution >= 4 is 0 Å². The Balaban J connectivity index is -0.0000000902. The van der Waals surface area contributed by atoms with Gasteiger partial charge in [-0.15, -0.1) is 0 Å². The van der Waals surface area contributed by atoms with Crippen LogP contribution in [0.2, 0.25) is 0 Å². The summed E-state index contributed by atoms with van der Waals surface area (Å²) in [6, 6.07) is 55.1. The van der Waals surface area contributed by atoms with Crippen molar-refractivity contribution in [2.45, 2.75) is 56.4 Å². The van der Waals surface area contributed by atoms with Crippen LogP contribution in [0, 0.1) is 22.7 Å². The molecule has 0 heterocycles. The molecule has 0 fully saturated rings. The molecule has 0 aliphatic carbocycles. The Bertz CT molecular complexity index is 1170. The van der Waals surface area contributed by atoms with E-state index in [0.717, 1.165) is 0 Å². The van der Waals surface area contributed by atoms with E-state index in [4.69, 9.17) is 10.5 Å². The Kier molecular flexibility index (Phi) is 72.4. The highest BCUT2D eigenvalue weighted by molar-refractivity contribution is 5.62. The molecule has 0 saturated heterocycles. The zero-order valence-electron chi connectivity index (χ0n) is 32.1. The van der Waals surface area contributed by atoms with E-state index in [2.05, 4.69) is 62.7 Å². The molecule has 0 N–H and O–H groups in total. The van der Waals surface area contributed by atoms with Crippen LogP contribution in [0.4, 0.5) is 0 Å². The average Bonchev–Trinajstić information content (AvgIpc) is 3.21. The lowest BCUT2D eigenvalue weighted by Gasteiger charge is -1.98. The maximum Gasteiger partial charge on any atom is 0.0991 e. The fraction of sp³-hybridized carbons (Fsp3) is 0.304. The maximum absolute atomic E-state index is 8.29. The molecular weight excluding hydrogens is 629 g/mol. The number of hydrogen-bond donors (Lipinski definition) is 0. The summed E-state index contributed by atoms with van der Waals surface area (Å²) < 4.78 is 12.8. The molecule has 5 aromatic rings. The highest BCUT2D eigenvalue weighted by Crippen LogP contribution is 2.17. The molecule has 282 valence electrons. The first-order chi connectivity index (χ1) is 24.1. The Morgan fingerprint density at radius 3 is 0.588 bits per heavy atom. The maximum atomic E-state index is 8.29. The molecule has 0 unspecified atom stereocenters. The summed E-state index contributed by atoms with van der Waals surface area (Å²) >= 11 is 0. The van der Waals surface area contributed by atoms with E-state index in [0.29, 0.717) is 11.1 Å². The summed E-state index contributed by atoms with van der Waals surface area (Å²) in [5, 5.41) is 16.6. The lowest BCUT2D eigenvalue weighted by molar-refractivity contribution is 0.277. The lowest BCUT2D eigenvalue weighted by Crippen LogP contribution is -1.73. The predicted molar refractivity (Wildman–Crippen MR) is 227 cm³/mol. The first kappa shape index (κ1) is 61.2. The van der Waals surface area contributed by atoms with Gasteiger partial charge in [-0.05, 0) is 35.4 Å². The van der Waals surface area contributed by atoms with Crippen molar-refractivity contribution in [1.82, 2.24) is 0 Å². The van der Waals surface area contributed by atoms with Gasteiger partial charge in [-0.3, -0.25) is 0 Å². The van der Waals surface area contributed by atoms with Crippen LogP contribution in [0.3, 0.4) is 0 Å². The van der Waals surface area contributed by atoms with Gasteiger partial charge in [-0.1, -0.05) is 190 Å². The minimum Gasteiger partial charge on any atom is -0.388 e. The summed E-state index contributed by atoms with van der Waals surface area (Å²) in [6.07, 6.45) is 0. The first-order valence-corrected chi connectivity index (χ1v) is 16.3. The third-order valence-corrected chi connectivity index (χ3v) is 4.35. The number of ether oxygens (including phenoxy) is 3. The standard InChI is InChI=1S/C12H10.2C7H5N.C6H6.3C2H6O.3C2H6.2CH4/c1-3-7-11(8-4-1)12-9-5-2-6-10-12;2*8-6-7-4-2-1-3-5-7;1-2-4-6-5-3-1;3*1-3-2;3*1-2;;/h1-10H;2*1-5H;1-6H;3*1-2H3;3*1-2H3;2*1H4. The van der Waals surface area contributed by atoms with E-state index in [9.17, 15) is 0 Å². The van der Waals surface area contributed by atoms with Crippen LogP contribution in [-0.4, -0.2) is 42.7 Å². The molecule has 0 aromatic heterocycles. The summed E-state index contributed by atoms with van der Waals surface area (Å²) in [4.78, 5) is 0. The van der Waals surface area contributed by atoms with Gasteiger partial charge in [0, 0.05) is 42.7 Å². The molecule has 0 radical (unpaired) electrons. The molecule has 0 saturated carbocycles. The molecule has 5 heteroatoms. The van der Waals surface area contributed by atoms with E-state index in [1.165, 1.54) is 11.1 Å². The number of nitrogens with zero attached hydrogens (tertiary/aromatic N) is 2. The molecule has 0 bridgehead atoms. The van der Waals surface area contributed by atoms with Crippen LogP contribution in [0.25, 0.3) is 11.1 Å². The van der Waals surface area contributed by atoms with Gasteiger partial charge in [-0.2, -0.15) is 10.5 Å². The third kappa shape index (κ3) is 49.5. The molecule has 0 spiro atoms. The van der Waals surface area contributed by atoms with Crippen molar-refractivity contribution in [2.24, 2.45) is 0 Å². The lowest BCUT2D eigenvalue weighted by atomic mass is 10.1. The molecule has 5 aromatic carbocycles. The first-order valence-electron chi connectivity index (χ1n) is 16.3. The fourth-order valence-corrected chi connectivity index (χ4v) is 2.67. The highest BCUT2D eigenvalue weighted by Gasteiger charge is 1.91. The van der Waals surface area contributed by atoms with E-state index < -0.39 is 0 Å². The fourth-order valence-electron chi connectivity index (χ4n) is 2.67. The van der Waals surface area contributed by atoms with Crippen molar-refractivity contribution in [1.29, 1.82) is 10.5 Å². The van der Waals surface area contributed by atoms with Gasteiger partial charge in [0.2, 0.25) is 0 Å². The molecule has 5 rings (SSSR count). The van der Waals surface area contributed by atoms with Gasteiger partial charge in [0.15, 0.2) is 0 Å². The van der Waals surface area contributed by atoms with E-state index in [1.54, 1.807) is 66.9 Å². The predicted octanol–water partition coefficient (Wildman–Crippen LogP) is 13.3. The van der Waals surface area contributed by atoms with Crippen molar-refractivity contribution in [2.75, 3.05) is 42.7 Å². The summed E-state index contributed by atoms with van der Waals surface area (Å²) in [7, 11) is 9.75. The van der Waals surface area contributed by atoms with Crippen molar-refractivity contribution in [3.63, 3.8) is 0 Å². The summed E-state index contributed by atoms with van der Waals surface area (Å²) in [6.45, 7) is 12.0. The smallest absolute Gasteiger partial charge is 0.0991 e. The van der Waals surface area contributed by atoms with Gasteiger partial charge in [0.05, 0.1) is 23.3 Å². The molecule has 0 aliphatic rings. The number of rotatable bonds is 1. The number of benzene rings is 5. The summed E-state index contributed by atoms with van der Waals surface area (Å²) in [5.74, 6) is 0. The molecule has 5 nitrogen and oxygen atoms in total. The van der Waals surface area contributed by atoms with Crippen LogP contribution in [0.1, 0.15) is 67.5 Å². The van der Waals surface area contributed by atoms with Gasteiger partial charge in [0.25, 0.3) is 0 Å². The summed E-state index contributed by atoms with van der Waals surface area (Å²) in [5.41, 5.74) is 3.98. The van der Waals surface area contributed by atoms with Gasteiger partial charge in [0.1, 0.15) is 0 Å². The largest absolute Gasteiger partial charge is 0.388 e. The minimum atomic E-state index is 0. The Hall–Kier alpha value is -5.04. The molecule has 0 amide bonds. The van der Waals surface area contributed by atoms with E-state index in [-0.39, 0.29) is 14.9 Å². The Labute approximate surface area is 315 Å². The van der Waals surface area contributed by atoms with Crippen molar-refractivity contribution in [3.05, 3.63) is 169 Å². The highest BCUT2D eigenvalue weighted by atomic mass is 16.5. The molecular formula is C46H70N2O3. The van der Waals surface area contributed by atoms with E-state index >= 15 is 0 Å². The minimum absolute atomic E-state index is 0. The second kappa shape index (κ2) is 60.3. The average molecular weight is 699 g/mol. The molecule has 0 aliphatic heterocycles. The number of hydrogen-bond acceptors (Lipinski definition) is 5. The third-order valence-electron chi connectivity index (χ3n) is 4.35. The van der Waals surface area contributed by atoms with Gasteiger partial charge >= 0.3 is 0 Å². The van der Waals surface area contributed by atoms with Crippen LogP contribution < -0.4 is 0 Å². The number of nitriles is 2. The van der Waals surface area contributed by atoms with Crippen LogP contribution in [0.15, 0.2) is 158 Å². The van der Waals surface area contributed by atoms with Gasteiger partial charge < -0.3 is 14.2 Å². The molecule has 51 heavy (non-hydrogen) atoms. The Morgan fingerprint density at radius 2 is 0.451 bits per heavy atom. The SMILES string of the molecule is C.C.CC.CC.CC.COC.COC.COC.N#Cc1ccccc1.N#Cc1ccccc1.c1ccc(-c2ccccc2)cc1.c1ccccc1. The van der Waals surface area contributed by atoms with Crippen molar-refractivity contribution < 1.29 is 14.2 Å². The zero-order valence-corrected chi connectivity index (χ0v) is 32.1. The normalized spacial score (nSPS) is 7.10. The second-order valence-corrected chi connectivity index (χ2v) is 8.07. The van der Waals surface area contributed by atoms with E-state index in [1.807, 2.05) is 139 Å².